The Morgan fingerprint density at radius 3 is 1.93 bits per heavy atom. The highest BCUT2D eigenvalue weighted by Gasteiger charge is 2.73. The van der Waals surface area contributed by atoms with Gasteiger partial charge in [0.05, 0.1) is 10.8 Å². The summed E-state index contributed by atoms with van der Waals surface area (Å²) in [6, 6.07) is 4.67. The van der Waals surface area contributed by atoms with Gasteiger partial charge in [0.2, 0.25) is 5.91 Å². The molecule has 2 fully saturated rings. The number of halogens is 8. The van der Waals surface area contributed by atoms with E-state index in [2.05, 4.69) is 0 Å². The highest BCUT2D eigenvalue weighted by Crippen LogP contribution is 2.54. The van der Waals surface area contributed by atoms with Crippen LogP contribution in [0.3, 0.4) is 0 Å². The maximum atomic E-state index is 14.7. The smallest absolute Gasteiger partial charge is 0.435 e. The summed E-state index contributed by atoms with van der Waals surface area (Å²) >= 11 is 0. The lowest BCUT2D eigenvalue weighted by molar-refractivity contribution is -0.348. The third kappa shape index (κ3) is 5.34. The second-order valence-electron chi connectivity index (χ2n) is 11.8. The number of rotatable bonds is 6. The van der Waals surface area contributed by atoms with Crippen molar-refractivity contribution >= 4 is 21.7 Å². The third-order valence-electron chi connectivity index (χ3n) is 9.02. The van der Waals surface area contributed by atoms with Crippen LogP contribution in [0.4, 0.5) is 35.1 Å². The molecule has 1 heterocycles. The van der Waals surface area contributed by atoms with Crippen LogP contribution in [0, 0.1) is 24.1 Å². The molecule has 44 heavy (non-hydrogen) atoms. The summed E-state index contributed by atoms with van der Waals surface area (Å²) in [7, 11) is -4.61. The minimum atomic E-state index is -6.38. The summed E-state index contributed by atoms with van der Waals surface area (Å²) < 4.78 is 135. The van der Waals surface area contributed by atoms with E-state index in [-0.39, 0.29) is 61.9 Å². The molecule has 1 aliphatic carbocycles. The van der Waals surface area contributed by atoms with E-state index < -0.39 is 78.6 Å². The topological polar surface area (TPSA) is 91.8 Å². The van der Waals surface area contributed by atoms with Gasteiger partial charge >= 0.3 is 24.0 Å². The lowest BCUT2D eigenvalue weighted by atomic mass is 9.71. The third-order valence-corrected chi connectivity index (χ3v) is 11.5. The van der Waals surface area contributed by atoms with Gasteiger partial charge in [-0.1, -0.05) is 31.2 Å². The predicted octanol–water partition coefficient (Wildman–Crippen LogP) is 6.61. The Kier molecular flexibility index (Phi) is 8.40. The highest BCUT2D eigenvalue weighted by atomic mass is 32.2. The van der Waals surface area contributed by atoms with Crippen LogP contribution in [0.15, 0.2) is 47.4 Å². The first-order chi connectivity index (χ1) is 20.1. The molecule has 0 spiro atoms. The fraction of sp³-hybridized carbons (Fsp3) is 0.517. The van der Waals surface area contributed by atoms with Gasteiger partial charge in [0.25, 0.3) is 0 Å². The first-order valence-electron chi connectivity index (χ1n) is 13.6. The maximum Gasteiger partial charge on any atom is 0.435 e. The van der Waals surface area contributed by atoms with E-state index in [9.17, 15) is 58.2 Å². The number of alkyl halides is 7. The second kappa shape index (κ2) is 11.0. The summed E-state index contributed by atoms with van der Waals surface area (Å²) in [6.45, 7) is 2.19. The van der Waals surface area contributed by atoms with E-state index in [0.29, 0.717) is 12.1 Å². The van der Waals surface area contributed by atoms with Crippen LogP contribution in [-0.2, 0) is 29.8 Å². The van der Waals surface area contributed by atoms with Crippen molar-refractivity contribution in [3.63, 3.8) is 0 Å². The first-order valence-corrected chi connectivity index (χ1v) is 15.1. The van der Waals surface area contributed by atoms with Gasteiger partial charge in [-0.3, -0.25) is 9.59 Å². The Hall–Kier alpha value is -3.23. The number of carbonyl (C=O) groups is 2. The molecule has 1 atom stereocenters. The lowest BCUT2D eigenvalue weighted by Gasteiger charge is -2.38. The maximum absolute atomic E-state index is 14.7. The first kappa shape index (κ1) is 33.7. The Labute approximate surface area is 248 Å². The molecule has 2 aromatic rings. The van der Waals surface area contributed by atoms with Crippen molar-refractivity contribution in [1.82, 2.24) is 4.90 Å². The number of carbonyl (C=O) groups excluding carboxylic acids is 1. The summed E-state index contributed by atoms with van der Waals surface area (Å²) in [5.74, 6) is -2.86. The number of likely N-dealkylation sites (tertiary alicyclic amines) is 1. The predicted molar refractivity (Wildman–Crippen MR) is 140 cm³/mol. The Balaban J connectivity index is 1.79. The van der Waals surface area contributed by atoms with Gasteiger partial charge < -0.3 is 10.0 Å². The Morgan fingerprint density at radius 1 is 0.909 bits per heavy atom. The van der Waals surface area contributed by atoms with E-state index in [1.807, 2.05) is 0 Å². The Morgan fingerprint density at radius 2 is 1.45 bits per heavy atom. The lowest BCUT2D eigenvalue weighted by Crippen LogP contribution is -2.50. The molecule has 1 N–H and O–H groups in total. The molecule has 15 heteroatoms. The van der Waals surface area contributed by atoms with Crippen molar-refractivity contribution in [2.24, 2.45) is 11.3 Å². The molecule has 242 valence electrons. The number of hydrogen-bond donors (Lipinski definition) is 1. The SMILES string of the molecule is Cc1cc(S(=O)(=O)[C@@]2(c3ccc(C(F)(C(F)(F)F)C(F)(F)F)cc3)CCN(C(=O)[C@]3(C)CC[C@H](C(=O)O)CC3)C2)ccc1F. The summed E-state index contributed by atoms with van der Waals surface area (Å²) in [5.41, 5.74) is -8.93. The van der Waals surface area contributed by atoms with Gasteiger partial charge in [-0.05, 0) is 68.4 Å². The van der Waals surface area contributed by atoms with Gasteiger partial charge in [0.1, 0.15) is 10.6 Å². The van der Waals surface area contributed by atoms with Crippen molar-refractivity contribution in [2.45, 2.75) is 73.6 Å². The molecule has 2 aliphatic rings. The number of carboxylic acids is 1. The van der Waals surface area contributed by atoms with E-state index in [0.717, 1.165) is 18.2 Å². The minimum absolute atomic E-state index is 0.0530. The largest absolute Gasteiger partial charge is 0.481 e. The molecule has 1 aliphatic heterocycles. The molecule has 0 unspecified atom stereocenters. The molecule has 1 amide bonds. The number of sulfone groups is 1. The van der Waals surface area contributed by atoms with Crippen LogP contribution in [0.5, 0.6) is 0 Å². The molecule has 0 aromatic heterocycles. The van der Waals surface area contributed by atoms with E-state index >= 15 is 0 Å². The fourth-order valence-electron chi connectivity index (χ4n) is 6.16. The zero-order valence-corrected chi connectivity index (χ0v) is 24.3. The molecule has 2 aromatic carbocycles. The molecule has 4 rings (SSSR count). The summed E-state index contributed by atoms with van der Waals surface area (Å²) in [4.78, 5) is 25.9. The van der Waals surface area contributed by atoms with Gasteiger partial charge in [-0.15, -0.1) is 0 Å². The number of benzene rings is 2. The Bertz CT molecular complexity index is 1530. The normalized spacial score (nSPS) is 25.2. The van der Waals surface area contributed by atoms with E-state index in [4.69, 9.17) is 0 Å². The van der Waals surface area contributed by atoms with Crippen LogP contribution in [0.1, 0.15) is 55.7 Å². The van der Waals surface area contributed by atoms with Crippen LogP contribution < -0.4 is 0 Å². The van der Waals surface area contributed by atoms with Crippen molar-refractivity contribution < 1.29 is 58.2 Å². The summed E-state index contributed by atoms with van der Waals surface area (Å²) in [6.07, 6.45) is -12.3. The van der Waals surface area contributed by atoms with Gasteiger partial charge in [-0.2, -0.15) is 26.3 Å². The van der Waals surface area contributed by atoms with Gasteiger partial charge in [0, 0.05) is 24.1 Å². The van der Waals surface area contributed by atoms with Crippen molar-refractivity contribution in [3.05, 3.63) is 65.0 Å². The quantitative estimate of drug-likeness (QED) is 0.280. The highest BCUT2D eigenvalue weighted by molar-refractivity contribution is 7.92. The van der Waals surface area contributed by atoms with Gasteiger partial charge in [-0.25, -0.2) is 17.2 Å². The molecule has 1 saturated heterocycles. The molecule has 6 nitrogen and oxygen atoms in total. The molecule has 1 saturated carbocycles. The van der Waals surface area contributed by atoms with Crippen molar-refractivity contribution in [2.75, 3.05) is 13.1 Å². The van der Waals surface area contributed by atoms with Crippen LogP contribution in [0.25, 0.3) is 0 Å². The van der Waals surface area contributed by atoms with E-state index in [1.54, 1.807) is 6.92 Å². The fourth-order valence-corrected chi connectivity index (χ4v) is 8.33. The minimum Gasteiger partial charge on any atom is -0.481 e. The van der Waals surface area contributed by atoms with Crippen molar-refractivity contribution in [3.8, 4) is 0 Å². The van der Waals surface area contributed by atoms with Crippen molar-refractivity contribution in [1.29, 1.82) is 0 Å². The number of carboxylic acid groups (broad SMARTS) is 1. The van der Waals surface area contributed by atoms with Gasteiger partial charge in [0.15, 0.2) is 9.84 Å². The molecular weight excluding hydrogens is 626 g/mol. The average molecular weight is 656 g/mol. The standard InChI is InChI=1S/C29H29F8NO5S/c1-17-15-21(7-8-22(17)30)44(42,43)26(19-3-5-20(6-4-19)27(31,28(32,33)34)29(35,36)37)13-14-38(16-26)24(41)25(2)11-9-18(10-12-25)23(39)40/h3-8,15,18H,9-14,16H2,1-2H3,(H,39,40)/t18-,25+,26-/m0/s1. The van der Waals surface area contributed by atoms with E-state index in [1.165, 1.54) is 11.8 Å². The zero-order chi connectivity index (χ0) is 33.1. The monoisotopic (exact) mass is 655 g/mol. The van der Waals surface area contributed by atoms with Crippen LogP contribution in [-0.4, -0.2) is 55.7 Å². The summed E-state index contributed by atoms with van der Waals surface area (Å²) in [5, 5.41) is 9.31. The number of amides is 1. The van der Waals surface area contributed by atoms with Crippen LogP contribution >= 0.6 is 0 Å². The zero-order valence-electron chi connectivity index (χ0n) is 23.5. The van der Waals surface area contributed by atoms with Crippen LogP contribution in [0.2, 0.25) is 0 Å². The average Bonchev–Trinajstić information content (AvgIpc) is 3.40. The number of hydrogen-bond acceptors (Lipinski definition) is 4. The second-order valence-corrected chi connectivity index (χ2v) is 14.0. The number of nitrogens with zero attached hydrogens (tertiary/aromatic N) is 1. The number of aryl methyl sites for hydroxylation is 1. The molecule has 0 bridgehead atoms. The molecular formula is C29H29F8NO5S. The number of aliphatic carboxylic acids is 1. The molecule has 0 radical (unpaired) electrons.